The summed E-state index contributed by atoms with van der Waals surface area (Å²) in [4.78, 5) is 14.0. The van der Waals surface area contributed by atoms with Gasteiger partial charge in [0.25, 0.3) is 0 Å². The Morgan fingerprint density at radius 1 is 1.50 bits per heavy atom. The lowest BCUT2D eigenvalue weighted by atomic mass is 10.1. The van der Waals surface area contributed by atoms with Gasteiger partial charge in [-0.15, -0.1) is 0 Å². The first kappa shape index (κ1) is 11.1. The fourth-order valence-electron chi connectivity index (χ4n) is 2.32. The molecule has 0 saturated carbocycles. The van der Waals surface area contributed by atoms with E-state index >= 15 is 0 Å². The summed E-state index contributed by atoms with van der Waals surface area (Å²) in [6, 6.07) is 8.42. The number of hydrogen-bond donors (Lipinski definition) is 1. The van der Waals surface area contributed by atoms with Gasteiger partial charge in [-0.25, -0.2) is 0 Å². The van der Waals surface area contributed by atoms with E-state index < -0.39 is 0 Å². The highest BCUT2D eigenvalue weighted by Gasteiger charge is 2.29. The van der Waals surface area contributed by atoms with E-state index in [2.05, 4.69) is 13.0 Å². The van der Waals surface area contributed by atoms with Crippen LogP contribution in [0.2, 0.25) is 0 Å². The third-order valence-electron chi connectivity index (χ3n) is 3.07. The van der Waals surface area contributed by atoms with Gasteiger partial charge in [-0.1, -0.05) is 18.2 Å². The molecular weight excluding hydrogens is 200 g/mol. The van der Waals surface area contributed by atoms with Gasteiger partial charge >= 0.3 is 0 Å². The quantitative estimate of drug-likeness (QED) is 0.839. The Labute approximate surface area is 96.2 Å². The van der Waals surface area contributed by atoms with E-state index in [1.807, 2.05) is 23.1 Å². The minimum atomic E-state index is 0.197. The lowest BCUT2D eigenvalue weighted by Gasteiger charge is -2.22. The zero-order chi connectivity index (χ0) is 11.5. The Kier molecular flexibility index (Phi) is 3.25. The van der Waals surface area contributed by atoms with Crippen LogP contribution in [0.15, 0.2) is 24.3 Å². The fraction of sp³-hybridized carbons (Fsp3) is 0.462. The molecule has 3 nitrogen and oxygen atoms in total. The molecule has 1 atom stereocenters. The van der Waals surface area contributed by atoms with E-state index in [0.29, 0.717) is 13.0 Å². The zero-order valence-corrected chi connectivity index (χ0v) is 9.65. The van der Waals surface area contributed by atoms with Crippen molar-refractivity contribution >= 4 is 11.6 Å². The highest BCUT2D eigenvalue weighted by Crippen LogP contribution is 2.32. The summed E-state index contributed by atoms with van der Waals surface area (Å²) < 4.78 is 0. The molecule has 16 heavy (non-hydrogen) atoms. The number of nitrogens with zero attached hydrogens (tertiary/aromatic N) is 1. The molecule has 0 aromatic heterocycles. The number of anilines is 1. The first-order chi connectivity index (χ1) is 7.74. The number of amides is 1. The Morgan fingerprint density at radius 2 is 2.25 bits per heavy atom. The van der Waals surface area contributed by atoms with E-state index in [1.165, 1.54) is 5.56 Å². The highest BCUT2D eigenvalue weighted by atomic mass is 16.2. The molecule has 1 amide bonds. The van der Waals surface area contributed by atoms with Crippen LogP contribution in [-0.4, -0.2) is 18.5 Å². The van der Waals surface area contributed by atoms with Crippen molar-refractivity contribution in [2.45, 2.75) is 32.2 Å². The molecule has 2 N–H and O–H groups in total. The first-order valence-corrected chi connectivity index (χ1v) is 5.84. The largest absolute Gasteiger partial charge is 0.330 e. The Hall–Kier alpha value is -1.35. The van der Waals surface area contributed by atoms with Crippen molar-refractivity contribution < 1.29 is 4.79 Å². The van der Waals surface area contributed by atoms with Gasteiger partial charge in [0.1, 0.15) is 0 Å². The number of carbonyl (C=O) groups is 1. The van der Waals surface area contributed by atoms with Crippen LogP contribution in [0.1, 0.15) is 25.3 Å². The number of hydrogen-bond acceptors (Lipinski definition) is 2. The fourth-order valence-corrected chi connectivity index (χ4v) is 2.32. The third-order valence-corrected chi connectivity index (χ3v) is 3.07. The molecule has 0 spiro atoms. The Balaban J connectivity index is 2.18. The number of rotatable bonds is 3. The molecule has 0 aliphatic carbocycles. The highest BCUT2D eigenvalue weighted by molar-refractivity contribution is 5.96. The van der Waals surface area contributed by atoms with Crippen LogP contribution in [-0.2, 0) is 11.2 Å². The van der Waals surface area contributed by atoms with Crippen LogP contribution >= 0.6 is 0 Å². The molecule has 1 aliphatic heterocycles. The molecular formula is C13H18N2O. The Morgan fingerprint density at radius 3 is 3.00 bits per heavy atom. The second kappa shape index (κ2) is 4.66. The number of fused-ring (bicyclic) bond motifs is 1. The second-order valence-corrected chi connectivity index (χ2v) is 4.34. The van der Waals surface area contributed by atoms with Crippen molar-refractivity contribution in [3.05, 3.63) is 29.8 Å². The van der Waals surface area contributed by atoms with Gasteiger partial charge in [0.15, 0.2) is 0 Å². The van der Waals surface area contributed by atoms with Crippen LogP contribution in [0.4, 0.5) is 5.69 Å². The number of benzene rings is 1. The predicted octanol–water partition coefficient (Wildman–Crippen LogP) is 1.70. The summed E-state index contributed by atoms with van der Waals surface area (Å²) in [6.07, 6.45) is 2.28. The van der Waals surface area contributed by atoms with Crippen LogP contribution in [0.5, 0.6) is 0 Å². The second-order valence-electron chi connectivity index (χ2n) is 4.34. The minimum Gasteiger partial charge on any atom is -0.330 e. The summed E-state index contributed by atoms with van der Waals surface area (Å²) in [5.74, 6) is 0.197. The SMILES string of the molecule is C[C@H]1Cc2ccccc2N1C(=O)CCCN. The van der Waals surface area contributed by atoms with Crippen LogP contribution in [0.25, 0.3) is 0 Å². The summed E-state index contributed by atoms with van der Waals surface area (Å²) >= 11 is 0. The monoisotopic (exact) mass is 218 g/mol. The van der Waals surface area contributed by atoms with Crippen molar-refractivity contribution in [2.75, 3.05) is 11.4 Å². The lowest BCUT2D eigenvalue weighted by molar-refractivity contribution is -0.118. The summed E-state index contributed by atoms with van der Waals surface area (Å²) in [5.41, 5.74) is 7.79. The smallest absolute Gasteiger partial charge is 0.227 e. The number of carbonyl (C=O) groups excluding carboxylic acids is 1. The molecule has 0 bridgehead atoms. The van der Waals surface area contributed by atoms with Gasteiger partial charge in [-0.05, 0) is 37.9 Å². The molecule has 1 heterocycles. The molecule has 0 saturated heterocycles. The standard InChI is InChI=1S/C13H18N2O/c1-10-9-11-5-2-3-6-12(11)15(10)13(16)7-4-8-14/h2-3,5-6,10H,4,7-9,14H2,1H3/t10-/m0/s1. The van der Waals surface area contributed by atoms with Crippen molar-refractivity contribution in [3.8, 4) is 0 Å². The molecule has 0 fully saturated rings. The topological polar surface area (TPSA) is 46.3 Å². The van der Waals surface area contributed by atoms with Crippen LogP contribution < -0.4 is 10.6 Å². The van der Waals surface area contributed by atoms with Crippen molar-refractivity contribution in [1.82, 2.24) is 0 Å². The van der Waals surface area contributed by atoms with Gasteiger partial charge in [0.2, 0.25) is 5.91 Å². The van der Waals surface area contributed by atoms with Crippen molar-refractivity contribution in [2.24, 2.45) is 5.73 Å². The van der Waals surface area contributed by atoms with Crippen LogP contribution in [0, 0.1) is 0 Å². The molecule has 1 aromatic rings. The summed E-state index contributed by atoms with van der Waals surface area (Å²) in [6.45, 7) is 2.68. The zero-order valence-electron chi connectivity index (χ0n) is 9.65. The van der Waals surface area contributed by atoms with E-state index in [0.717, 1.165) is 18.5 Å². The molecule has 0 unspecified atom stereocenters. The van der Waals surface area contributed by atoms with E-state index in [-0.39, 0.29) is 11.9 Å². The average molecular weight is 218 g/mol. The maximum atomic E-state index is 12.0. The van der Waals surface area contributed by atoms with E-state index in [9.17, 15) is 4.79 Å². The molecule has 0 radical (unpaired) electrons. The molecule has 1 aliphatic rings. The number of para-hydroxylation sites is 1. The predicted molar refractivity (Wildman–Crippen MR) is 65.4 cm³/mol. The molecule has 3 heteroatoms. The third kappa shape index (κ3) is 1.95. The lowest BCUT2D eigenvalue weighted by Crippen LogP contribution is -2.35. The van der Waals surface area contributed by atoms with Crippen LogP contribution in [0.3, 0.4) is 0 Å². The van der Waals surface area contributed by atoms with Gasteiger partial charge in [-0.2, -0.15) is 0 Å². The number of nitrogens with two attached hydrogens (primary N) is 1. The summed E-state index contributed by atoms with van der Waals surface area (Å²) in [5, 5.41) is 0. The van der Waals surface area contributed by atoms with E-state index in [4.69, 9.17) is 5.73 Å². The minimum absolute atomic E-state index is 0.197. The molecule has 1 aromatic carbocycles. The van der Waals surface area contributed by atoms with Gasteiger partial charge in [0.05, 0.1) is 0 Å². The summed E-state index contributed by atoms with van der Waals surface area (Å²) in [7, 11) is 0. The Bertz CT molecular complexity index is 389. The maximum Gasteiger partial charge on any atom is 0.227 e. The van der Waals surface area contributed by atoms with E-state index in [1.54, 1.807) is 0 Å². The molecule has 2 rings (SSSR count). The normalized spacial score (nSPS) is 18.6. The molecule has 86 valence electrons. The van der Waals surface area contributed by atoms with Gasteiger partial charge in [-0.3, -0.25) is 4.79 Å². The van der Waals surface area contributed by atoms with Gasteiger partial charge in [0, 0.05) is 18.2 Å². The maximum absolute atomic E-state index is 12.0. The van der Waals surface area contributed by atoms with Crippen molar-refractivity contribution in [3.63, 3.8) is 0 Å². The van der Waals surface area contributed by atoms with Gasteiger partial charge < -0.3 is 10.6 Å². The first-order valence-electron chi connectivity index (χ1n) is 5.84. The average Bonchev–Trinajstić information content (AvgIpc) is 2.62. The van der Waals surface area contributed by atoms with Crippen molar-refractivity contribution in [1.29, 1.82) is 0 Å².